The second-order valence-corrected chi connectivity index (χ2v) is 7.04. The highest BCUT2D eigenvalue weighted by atomic mass is 32.2. The smallest absolute Gasteiger partial charge is 0.243 e. The SMILES string of the molecule is CCNCCS(=O)(=O)N1CCN(C)C(=O)C1(C)C. The van der Waals surface area contributed by atoms with E-state index >= 15 is 0 Å². The molecule has 0 aromatic rings. The lowest BCUT2D eigenvalue weighted by molar-refractivity contribution is -0.142. The van der Waals surface area contributed by atoms with Crippen molar-refractivity contribution in [3.8, 4) is 0 Å². The normalized spacial score (nSPS) is 21.3. The number of nitrogens with zero attached hydrogens (tertiary/aromatic N) is 2. The van der Waals surface area contributed by atoms with Crippen molar-refractivity contribution < 1.29 is 13.2 Å². The van der Waals surface area contributed by atoms with Gasteiger partial charge in [-0.25, -0.2) is 8.42 Å². The molecule has 1 fully saturated rings. The molecule has 0 aliphatic carbocycles. The number of rotatable bonds is 5. The van der Waals surface area contributed by atoms with E-state index in [1.54, 1.807) is 25.8 Å². The van der Waals surface area contributed by atoms with Gasteiger partial charge < -0.3 is 10.2 Å². The van der Waals surface area contributed by atoms with Gasteiger partial charge in [0.2, 0.25) is 15.9 Å². The van der Waals surface area contributed by atoms with Crippen LogP contribution in [0.15, 0.2) is 0 Å². The van der Waals surface area contributed by atoms with E-state index < -0.39 is 15.6 Å². The van der Waals surface area contributed by atoms with Gasteiger partial charge in [0.25, 0.3) is 0 Å². The summed E-state index contributed by atoms with van der Waals surface area (Å²) in [6, 6.07) is 0. The largest absolute Gasteiger partial charge is 0.343 e. The van der Waals surface area contributed by atoms with Gasteiger partial charge in [0.05, 0.1) is 5.75 Å². The molecule has 7 heteroatoms. The maximum Gasteiger partial charge on any atom is 0.243 e. The quantitative estimate of drug-likeness (QED) is 0.687. The minimum absolute atomic E-state index is 0.0290. The third-order valence-corrected chi connectivity index (χ3v) is 5.29. The Bertz CT molecular complexity index is 406. The van der Waals surface area contributed by atoms with Gasteiger partial charge in [-0.05, 0) is 20.4 Å². The Kier molecular flexibility index (Phi) is 4.74. The van der Waals surface area contributed by atoms with Crippen LogP contribution in [0.5, 0.6) is 0 Å². The minimum Gasteiger partial charge on any atom is -0.343 e. The van der Waals surface area contributed by atoms with E-state index in [-0.39, 0.29) is 11.7 Å². The van der Waals surface area contributed by atoms with Crippen molar-refractivity contribution in [2.75, 3.05) is 39.0 Å². The molecule has 106 valence electrons. The number of carbonyl (C=O) groups is 1. The van der Waals surface area contributed by atoms with Gasteiger partial charge in [-0.1, -0.05) is 6.92 Å². The summed E-state index contributed by atoms with van der Waals surface area (Å²) in [5.74, 6) is -0.123. The van der Waals surface area contributed by atoms with Crippen LogP contribution in [-0.4, -0.2) is 68.0 Å². The Hall–Kier alpha value is -0.660. The first-order valence-corrected chi connectivity index (χ1v) is 7.81. The van der Waals surface area contributed by atoms with E-state index in [1.807, 2.05) is 6.92 Å². The molecule has 0 atom stereocenters. The molecule has 0 spiro atoms. The molecule has 0 bridgehead atoms. The number of piperazine rings is 1. The monoisotopic (exact) mass is 277 g/mol. The van der Waals surface area contributed by atoms with Gasteiger partial charge >= 0.3 is 0 Å². The number of nitrogens with one attached hydrogen (secondary N) is 1. The van der Waals surface area contributed by atoms with E-state index in [4.69, 9.17) is 0 Å². The summed E-state index contributed by atoms with van der Waals surface area (Å²) in [7, 11) is -1.70. The molecule has 0 unspecified atom stereocenters. The lowest BCUT2D eigenvalue weighted by atomic mass is 10.0. The molecule has 1 heterocycles. The van der Waals surface area contributed by atoms with Gasteiger partial charge in [-0.15, -0.1) is 0 Å². The summed E-state index contributed by atoms with van der Waals surface area (Å²) < 4.78 is 25.8. The first-order chi connectivity index (χ1) is 8.23. The number of hydrogen-bond acceptors (Lipinski definition) is 4. The van der Waals surface area contributed by atoms with Crippen LogP contribution < -0.4 is 5.32 Å². The molecule has 1 amide bonds. The molecule has 0 radical (unpaired) electrons. The van der Waals surface area contributed by atoms with Gasteiger partial charge in [-0.3, -0.25) is 4.79 Å². The van der Waals surface area contributed by atoms with Crippen LogP contribution in [0.4, 0.5) is 0 Å². The van der Waals surface area contributed by atoms with Crippen molar-refractivity contribution in [2.45, 2.75) is 26.3 Å². The molecule has 0 aromatic heterocycles. The van der Waals surface area contributed by atoms with Gasteiger partial charge in [0.15, 0.2) is 0 Å². The van der Waals surface area contributed by atoms with E-state index in [9.17, 15) is 13.2 Å². The number of carbonyl (C=O) groups excluding carboxylic acids is 1. The summed E-state index contributed by atoms with van der Waals surface area (Å²) >= 11 is 0. The molecule has 0 saturated carbocycles. The van der Waals surface area contributed by atoms with Crippen molar-refractivity contribution in [1.29, 1.82) is 0 Å². The first kappa shape index (κ1) is 15.4. The standard InChI is InChI=1S/C11H23N3O3S/c1-5-12-6-9-18(16,17)14-8-7-13(4)10(15)11(14,2)3/h12H,5-9H2,1-4H3. The molecular weight excluding hydrogens is 254 g/mol. The van der Waals surface area contributed by atoms with E-state index in [1.165, 1.54) is 4.31 Å². The highest BCUT2D eigenvalue weighted by Crippen LogP contribution is 2.24. The van der Waals surface area contributed by atoms with Crippen LogP contribution in [0, 0.1) is 0 Å². The van der Waals surface area contributed by atoms with E-state index in [0.717, 1.165) is 6.54 Å². The van der Waals surface area contributed by atoms with Crippen LogP contribution >= 0.6 is 0 Å². The van der Waals surface area contributed by atoms with Crippen LogP contribution in [0.1, 0.15) is 20.8 Å². The van der Waals surface area contributed by atoms with Crippen molar-refractivity contribution in [1.82, 2.24) is 14.5 Å². The molecule has 0 aromatic carbocycles. The summed E-state index contributed by atoms with van der Waals surface area (Å²) in [5, 5.41) is 2.99. The second kappa shape index (κ2) is 5.54. The van der Waals surface area contributed by atoms with Crippen LogP contribution in [0.25, 0.3) is 0 Å². The average Bonchev–Trinajstić information content (AvgIpc) is 2.25. The van der Waals surface area contributed by atoms with Gasteiger partial charge in [0.1, 0.15) is 5.54 Å². The van der Waals surface area contributed by atoms with Gasteiger partial charge in [0, 0.05) is 26.7 Å². The van der Waals surface area contributed by atoms with Crippen LogP contribution in [0.2, 0.25) is 0 Å². The topological polar surface area (TPSA) is 69.7 Å². The Morgan fingerprint density at radius 3 is 2.50 bits per heavy atom. The third-order valence-electron chi connectivity index (χ3n) is 3.25. The molecule has 6 nitrogen and oxygen atoms in total. The number of hydrogen-bond donors (Lipinski definition) is 1. The predicted octanol–water partition coefficient (Wildman–Crippen LogP) is -0.522. The number of likely N-dealkylation sites (N-methyl/N-ethyl adjacent to an activating group) is 1. The van der Waals surface area contributed by atoms with Crippen molar-refractivity contribution in [3.05, 3.63) is 0 Å². The van der Waals surface area contributed by atoms with Crippen molar-refractivity contribution in [2.24, 2.45) is 0 Å². The van der Waals surface area contributed by atoms with Crippen molar-refractivity contribution >= 4 is 15.9 Å². The molecule has 1 aliphatic heterocycles. The first-order valence-electron chi connectivity index (χ1n) is 6.20. The molecule has 1 aliphatic rings. The zero-order valence-corrected chi connectivity index (χ0v) is 12.4. The Morgan fingerprint density at radius 2 is 1.94 bits per heavy atom. The summed E-state index contributed by atoms with van der Waals surface area (Å²) in [6.45, 7) is 7.21. The molecule has 1 N–H and O–H groups in total. The molecule has 1 rings (SSSR count). The average molecular weight is 277 g/mol. The van der Waals surface area contributed by atoms with Crippen LogP contribution in [-0.2, 0) is 14.8 Å². The Morgan fingerprint density at radius 1 is 1.33 bits per heavy atom. The zero-order valence-electron chi connectivity index (χ0n) is 11.6. The fourth-order valence-electron chi connectivity index (χ4n) is 2.17. The van der Waals surface area contributed by atoms with E-state index in [2.05, 4.69) is 5.32 Å². The second-order valence-electron chi connectivity index (χ2n) is 5.03. The fraction of sp³-hybridized carbons (Fsp3) is 0.909. The van der Waals surface area contributed by atoms with E-state index in [0.29, 0.717) is 19.6 Å². The zero-order chi connectivity index (χ0) is 14.0. The molecule has 18 heavy (non-hydrogen) atoms. The van der Waals surface area contributed by atoms with Gasteiger partial charge in [-0.2, -0.15) is 4.31 Å². The molecular formula is C11H23N3O3S. The highest BCUT2D eigenvalue weighted by molar-refractivity contribution is 7.89. The third kappa shape index (κ3) is 3.02. The lowest BCUT2D eigenvalue weighted by Gasteiger charge is -2.43. The summed E-state index contributed by atoms with van der Waals surface area (Å²) in [5.41, 5.74) is -0.988. The highest BCUT2D eigenvalue weighted by Gasteiger charge is 2.45. The van der Waals surface area contributed by atoms with Crippen molar-refractivity contribution in [3.63, 3.8) is 0 Å². The molecule has 1 saturated heterocycles. The Labute approximate surface area is 109 Å². The maximum atomic E-state index is 12.2. The summed E-state index contributed by atoms with van der Waals surface area (Å²) in [6.07, 6.45) is 0. The number of sulfonamides is 1. The summed E-state index contributed by atoms with van der Waals surface area (Å²) in [4.78, 5) is 13.6. The fourth-order valence-corrected chi connectivity index (χ4v) is 3.93. The lowest BCUT2D eigenvalue weighted by Crippen LogP contribution is -2.64. The Balaban J connectivity index is 2.85. The minimum atomic E-state index is -3.40. The predicted molar refractivity (Wildman–Crippen MR) is 70.8 cm³/mol. The van der Waals surface area contributed by atoms with Crippen LogP contribution in [0.3, 0.4) is 0 Å². The number of amides is 1. The maximum absolute atomic E-state index is 12.2.